The van der Waals surface area contributed by atoms with Crippen LogP contribution in [0.15, 0.2) is 42.7 Å². The smallest absolute Gasteiger partial charge is 0.257 e. The largest absolute Gasteiger partial charge is 0.351 e. The number of anilines is 1. The van der Waals surface area contributed by atoms with Crippen LogP contribution < -0.4 is 10.6 Å². The first-order valence-electron chi connectivity index (χ1n) is 7.40. The molecule has 0 saturated carbocycles. The topological polar surface area (TPSA) is 74.3 Å². The lowest BCUT2D eigenvalue weighted by molar-refractivity contribution is 0.0950. The van der Waals surface area contributed by atoms with E-state index in [2.05, 4.69) is 15.6 Å². The van der Waals surface area contributed by atoms with Crippen LogP contribution in [0.5, 0.6) is 0 Å². The Hall–Kier alpha value is -2.80. The highest BCUT2D eigenvalue weighted by molar-refractivity contribution is 6.05. The van der Waals surface area contributed by atoms with Gasteiger partial charge in [-0.2, -0.15) is 0 Å². The van der Waals surface area contributed by atoms with E-state index in [1.54, 1.807) is 0 Å². The summed E-state index contributed by atoms with van der Waals surface area (Å²) in [4.78, 5) is 30.1. The van der Waals surface area contributed by atoms with Crippen LogP contribution in [0.2, 0.25) is 0 Å². The zero-order valence-corrected chi connectivity index (χ0v) is 13.5. The minimum Gasteiger partial charge on any atom is -0.351 e. The fourth-order valence-electron chi connectivity index (χ4n) is 1.92. The third kappa shape index (κ3) is 5.13. The first-order valence-corrected chi connectivity index (χ1v) is 7.40. The van der Waals surface area contributed by atoms with Crippen LogP contribution in [-0.2, 0) is 0 Å². The second-order valence-corrected chi connectivity index (χ2v) is 5.48. The zero-order valence-electron chi connectivity index (χ0n) is 13.5. The van der Waals surface area contributed by atoms with Gasteiger partial charge in [-0.25, -0.2) is 4.39 Å². The van der Waals surface area contributed by atoms with Crippen molar-refractivity contribution >= 4 is 17.5 Å². The van der Waals surface area contributed by atoms with E-state index < -0.39 is 5.91 Å². The van der Waals surface area contributed by atoms with Crippen LogP contribution in [0, 0.1) is 5.82 Å². The molecular weight excluding hydrogens is 311 g/mol. The summed E-state index contributed by atoms with van der Waals surface area (Å²) in [5.41, 5.74) is 1.02. The van der Waals surface area contributed by atoms with E-state index in [0.29, 0.717) is 24.3 Å². The number of benzene rings is 1. The van der Waals surface area contributed by atoms with Gasteiger partial charge in [0.25, 0.3) is 11.8 Å². The highest BCUT2D eigenvalue weighted by Gasteiger charge is 2.11. The number of amides is 2. The van der Waals surface area contributed by atoms with Gasteiger partial charge in [0, 0.05) is 31.2 Å². The van der Waals surface area contributed by atoms with Gasteiger partial charge in [-0.05, 0) is 44.4 Å². The summed E-state index contributed by atoms with van der Waals surface area (Å²) in [7, 11) is 3.82. The number of nitrogens with one attached hydrogen (secondary N) is 2. The van der Waals surface area contributed by atoms with Crippen molar-refractivity contribution in [2.45, 2.75) is 0 Å². The molecule has 1 heterocycles. The van der Waals surface area contributed by atoms with E-state index in [-0.39, 0.29) is 17.3 Å². The van der Waals surface area contributed by atoms with Crippen LogP contribution in [0.4, 0.5) is 10.1 Å². The standard InChI is InChI=1S/C17H19FN4O2/c1-22(2)8-7-20-16(23)12-9-13(11-19-10-12)17(24)21-15-5-3-14(18)4-6-15/h3-6,9-11H,7-8H2,1-2H3,(H,20,23)(H,21,24). The number of likely N-dealkylation sites (N-methyl/N-ethyl adjacent to an activating group) is 1. The summed E-state index contributed by atoms with van der Waals surface area (Å²) in [6, 6.07) is 6.89. The molecule has 0 aliphatic rings. The molecule has 0 spiro atoms. The predicted octanol–water partition coefficient (Wildman–Crippen LogP) is 1.76. The molecule has 2 rings (SSSR count). The highest BCUT2D eigenvalue weighted by atomic mass is 19.1. The number of carbonyl (C=O) groups is 2. The summed E-state index contributed by atoms with van der Waals surface area (Å²) in [6.07, 6.45) is 2.77. The van der Waals surface area contributed by atoms with Crippen LogP contribution >= 0.6 is 0 Å². The maximum atomic E-state index is 12.9. The number of hydrogen-bond donors (Lipinski definition) is 2. The van der Waals surface area contributed by atoms with Gasteiger partial charge in [0.1, 0.15) is 5.82 Å². The van der Waals surface area contributed by atoms with Crippen LogP contribution in [-0.4, -0.2) is 48.9 Å². The molecule has 0 atom stereocenters. The lowest BCUT2D eigenvalue weighted by Gasteiger charge is -2.10. The molecule has 0 radical (unpaired) electrons. The van der Waals surface area contributed by atoms with Crippen LogP contribution in [0.3, 0.4) is 0 Å². The van der Waals surface area contributed by atoms with E-state index >= 15 is 0 Å². The van der Waals surface area contributed by atoms with Crippen molar-refractivity contribution < 1.29 is 14.0 Å². The molecule has 24 heavy (non-hydrogen) atoms. The van der Waals surface area contributed by atoms with Gasteiger partial charge in [0.15, 0.2) is 0 Å². The zero-order chi connectivity index (χ0) is 17.5. The number of pyridine rings is 1. The fourth-order valence-corrected chi connectivity index (χ4v) is 1.92. The van der Waals surface area contributed by atoms with Gasteiger partial charge >= 0.3 is 0 Å². The third-order valence-corrected chi connectivity index (χ3v) is 3.21. The van der Waals surface area contributed by atoms with Crippen LogP contribution in [0.25, 0.3) is 0 Å². The van der Waals surface area contributed by atoms with Gasteiger partial charge in [-0.15, -0.1) is 0 Å². The number of halogens is 1. The minimum absolute atomic E-state index is 0.250. The molecule has 0 bridgehead atoms. The summed E-state index contributed by atoms with van der Waals surface area (Å²) in [6.45, 7) is 1.21. The second-order valence-electron chi connectivity index (χ2n) is 5.48. The molecule has 0 aliphatic carbocycles. The Bertz CT molecular complexity index is 717. The molecule has 0 fully saturated rings. The van der Waals surface area contributed by atoms with E-state index in [4.69, 9.17) is 0 Å². The Labute approximate surface area is 139 Å². The molecule has 6 nitrogen and oxygen atoms in total. The maximum absolute atomic E-state index is 12.9. The highest BCUT2D eigenvalue weighted by Crippen LogP contribution is 2.11. The van der Waals surface area contributed by atoms with Gasteiger partial charge in [0.05, 0.1) is 11.1 Å². The monoisotopic (exact) mass is 330 g/mol. The van der Waals surface area contributed by atoms with Crippen molar-refractivity contribution in [3.63, 3.8) is 0 Å². The van der Waals surface area contributed by atoms with Crippen molar-refractivity contribution in [3.8, 4) is 0 Å². The van der Waals surface area contributed by atoms with E-state index in [9.17, 15) is 14.0 Å². The van der Waals surface area contributed by atoms with Crippen molar-refractivity contribution in [2.75, 3.05) is 32.5 Å². The van der Waals surface area contributed by atoms with Crippen molar-refractivity contribution in [1.82, 2.24) is 15.2 Å². The van der Waals surface area contributed by atoms with Gasteiger partial charge < -0.3 is 15.5 Å². The summed E-state index contributed by atoms with van der Waals surface area (Å²) >= 11 is 0. The molecule has 7 heteroatoms. The maximum Gasteiger partial charge on any atom is 0.257 e. The third-order valence-electron chi connectivity index (χ3n) is 3.21. The van der Waals surface area contributed by atoms with Crippen molar-refractivity contribution in [2.24, 2.45) is 0 Å². The van der Waals surface area contributed by atoms with E-state index in [0.717, 1.165) is 0 Å². The Kier molecular flexibility index (Phi) is 5.97. The number of hydrogen-bond acceptors (Lipinski definition) is 4. The Balaban J connectivity index is 2.02. The second kappa shape index (κ2) is 8.16. The van der Waals surface area contributed by atoms with Crippen LogP contribution in [0.1, 0.15) is 20.7 Å². The Morgan fingerprint density at radius 2 is 1.71 bits per heavy atom. The molecule has 0 aliphatic heterocycles. The molecule has 1 aromatic carbocycles. The number of rotatable bonds is 6. The quantitative estimate of drug-likeness (QED) is 0.846. The summed E-state index contributed by atoms with van der Waals surface area (Å²) < 4.78 is 12.9. The van der Waals surface area contributed by atoms with E-state index in [1.807, 2.05) is 19.0 Å². The Morgan fingerprint density at radius 3 is 2.33 bits per heavy atom. The van der Waals surface area contributed by atoms with Gasteiger partial charge in [-0.3, -0.25) is 14.6 Å². The average molecular weight is 330 g/mol. The molecule has 2 aromatic rings. The molecule has 126 valence electrons. The lowest BCUT2D eigenvalue weighted by Crippen LogP contribution is -2.31. The van der Waals surface area contributed by atoms with Crippen molar-refractivity contribution in [3.05, 3.63) is 59.7 Å². The predicted molar refractivity (Wildman–Crippen MR) is 89.5 cm³/mol. The normalized spacial score (nSPS) is 10.5. The summed E-state index contributed by atoms with van der Waals surface area (Å²) in [5.74, 6) is -1.09. The van der Waals surface area contributed by atoms with E-state index in [1.165, 1.54) is 42.7 Å². The molecule has 1 aromatic heterocycles. The van der Waals surface area contributed by atoms with Gasteiger partial charge in [0.2, 0.25) is 0 Å². The first kappa shape index (κ1) is 17.6. The number of carbonyl (C=O) groups excluding carboxylic acids is 2. The number of nitrogens with zero attached hydrogens (tertiary/aromatic N) is 2. The van der Waals surface area contributed by atoms with Gasteiger partial charge in [-0.1, -0.05) is 0 Å². The SMILES string of the molecule is CN(C)CCNC(=O)c1cncc(C(=O)Nc2ccc(F)cc2)c1. The molecule has 2 N–H and O–H groups in total. The molecule has 0 unspecified atom stereocenters. The first-order chi connectivity index (χ1) is 11.5. The lowest BCUT2D eigenvalue weighted by atomic mass is 10.2. The summed E-state index contributed by atoms with van der Waals surface area (Å²) in [5, 5.41) is 5.38. The molecule has 2 amide bonds. The molecule has 0 saturated heterocycles. The van der Waals surface area contributed by atoms with Crippen molar-refractivity contribution in [1.29, 1.82) is 0 Å². The fraction of sp³-hybridized carbons (Fsp3) is 0.235. The number of aromatic nitrogens is 1. The minimum atomic E-state index is -0.419. The average Bonchev–Trinajstić information content (AvgIpc) is 2.56. The Morgan fingerprint density at radius 1 is 1.08 bits per heavy atom. The molecular formula is C17H19FN4O2.